The maximum Gasteiger partial charge on any atom is 0.197 e. The number of nitrogen functional groups attached to an aromatic ring is 1. The zero-order valence-electron chi connectivity index (χ0n) is 11.9. The molecule has 0 radical (unpaired) electrons. The molecule has 0 bridgehead atoms. The molecule has 1 heterocycles. The van der Waals surface area contributed by atoms with Crippen LogP contribution in [-0.4, -0.2) is 19.7 Å². The number of aromatic nitrogens is 2. The lowest BCUT2D eigenvalue weighted by Crippen LogP contribution is -2.03. The molecule has 2 aromatic carbocycles. The van der Waals surface area contributed by atoms with E-state index in [0.717, 1.165) is 22.2 Å². The summed E-state index contributed by atoms with van der Waals surface area (Å²) >= 11 is 6.04. The summed E-state index contributed by atoms with van der Waals surface area (Å²) in [7, 11) is -1.30. The Morgan fingerprint density at radius 2 is 2.05 bits per heavy atom. The minimum absolute atomic E-state index is 0. The molecule has 0 aliphatic rings. The zero-order chi connectivity index (χ0) is 15.0. The first-order chi connectivity index (χ1) is 10.0. The molecule has 116 valence electrons. The Hall–Kier alpha value is -1.89. The maximum atomic E-state index is 12.5. The number of rotatable bonds is 3. The second-order valence-corrected chi connectivity index (χ2v) is 6.65. The van der Waals surface area contributed by atoms with E-state index in [-0.39, 0.29) is 11.2 Å². The zero-order valence-corrected chi connectivity index (χ0v) is 13.5. The van der Waals surface area contributed by atoms with Crippen LogP contribution in [0.3, 0.4) is 0 Å². The Morgan fingerprint density at radius 1 is 1.32 bits per heavy atom. The number of aromatic amines is 1. The maximum absolute atomic E-state index is 12.5. The predicted octanol–water partition coefficient (Wildman–Crippen LogP) is 2.59. The van der Waals surface area contributed by atoms with Crippen molar-refractivity contribution in [2.75, 3.05) is 5.73 Å². The third-order valence-corrected chi connectivity index (χ3v) is 4.72. The number of hydrogen-bond acceptors (Lipinski definition) is 3. The quantitative estimate of drug-likeness (QED) is 0.718. The average molecular weight is 338 g/mol. The molecule has 5 N–H and O–H groups in total. The molecule has 0 saturated carbocycles. The summed E-state index contributed by atoms with van der Waals surface area (Å²) < 4.78 is 12.5. The topological polar surface area (TPSA) is 103 Å². The Balaban J connectivity index is 0.00000176. The van der Waals surface area contributed by atoms with Gasteiger partial charge in [0, 0.05) is 10.7 Å². The highest BCUT2D eigenvalue weighted by molar-refractivity contribution is 7.84. The first-order valence-corrected chi connectivity index (χ1v) is 8.12. The molecular weight excluding hydrogens is 322 g/mol. The van der Waals surface area contributed by atoms with Crippen molar-refractivity contribution in [3.8, 4) is 0 Å². The van der Waals surface area contributed by atoms with E-state index in [0.29, 0.717) is 15.9 Å². The molecular formula is C15H16ClN3O2S. The number of H-pyrrole nitrogens is 1. The standard InChI is InChI=1S/C15H14ClN3OS.H2O/c1-9-6-11(16)7-10(14(9)17)8-21(20)15-18-12-4-2-3-5-13(12)19-15;/h2-7H,8,17H2,1H3,(H,18,19);1H2. The van der Waals surface area contributed by atoms with Gasteiger partial charge in [-0.25, -0.2) is 4.98 Å². The number of nitrogens with zero attached hydrogens (tertiary/aromatic N) is 1. The van der Waals surface area contributed by atoms with Crippen LogP contribution in [0.4, 0.5) is 5.69 Å². The predicted molar refractivity (Wildman–Crippen MR) is 90.4 cm³/mol. The Morgan fingerprint density at radius 3 is 2.77 bits per heavy atom. The fourth-order valence-corrected chi connectivity index (χ4v) is 3.57. The first-order valence-electron chi connectivity index (χ1n) is 6.42. The molecule has 3 aromatic rings. The van der Waals surface area contributed by atoms with Crippen LogP contribution in [0.1, 0.15) is 11.1 Å². The number of anilines is 1. The molecule has 7 heteroatoms. The van der Waals surface area contributed by atoms with Crippen LogP contribution in [0.15, 0.2) is 41.6 Å². The lowest BCUT2D eigenvalue weighted by Gasteiger charge is -2.08. The van der Waals surface area contributed by atoms with E-state index in [1.807, 2.05) is 31.2 Å². The molecule has 0 fully saturated rings. The third kappa shape index (κ3) is 3.14. The van der Waals surface area contributed by atoms with Gasteiger partial charge >= 0.3 is 0 Å². The molecule has 1 unspecified atom stereocenters. The molecule has 0 amide bonds. The van der Waals surface area contributed by atoms with Gasteiger partial charge in [0.25, 0.3) is 0 Å². The highest BCUT2D eigenvalue weighted by atomic mass is 35.5. The van der Waals surface area contributed by atoms with Crippen LogP contribution in [0.25, 0.3) is 11.0 Å². The van der Waals surface area contributed by atoms with Crippen molar-refractivity contribution in [1.29, 1.82) is 0 Å². The molecule has 3 rings (SSSR count). The number of benzene rings is 2. The summed E-state index contributed by atoms with van der Waals surface area (Å²) in [5.74, 6) is 0.285. The van der Waals surface area contributed by atoms with Crippen LogP contribution in [0, 0.1) is 6.92 Å². The summed E-state index contributed by atoms with van der Waals surface area (Å²) in [4.78, 5) is 7.43. The number of imidazole rings is 1. The van der Waals surface area contributed by atoms with Gasteiger partial charge in [-0.1, -0.05) is 23.7 Å². The molecule has 0 spiro atoms. The Bertz CT molecular complexity index is 815. The van der Waals surface area contributed by atoms with Gasteiger partial charge in [-0.2, -0.15) is 0 Å². The molecule has 5 nitrogen and oxygen atoms in total. The van der Waals surface area contributed by atoms with Crippen molar-refractivity contribution in [2.24, 2.45) is 0 Å². The van der Waals surface area contributed by atoms with Gasteiger partial charge < -0.3 is 16.2 Å². The fourth-order valence-electron chi connectivity index (χ4n) is 2.19. The number of hydrogen-bond donors (Lipinski definition) is 2. The van der Waals surface area contributed by atoms with E-state index in [9.17, 15) is 4.21 Å². The van der Waals surface area contributed by atoms with E-state index < -0.39 is 10.8 Å². The number of nitrogens with two attached hydrogens (primary N) is 1. The molecule has 1 atom stereocenters. The van der Waals surface area contributed by atoms with Gasteiger partial charge in [-0.3, -0.25) is 4.21 Å². The third-order valence-electron chi connectivity index (χ3n) is 3.31. The van der Waals surface area contributed by atoms with Crippen LogP contribution in [-0.2, 0) is 16.6 Å². The number of para-hydroxylation sites is 2. The van der Waals surface area contributed by atoms with Crippen LogP contribution < -0.4 is 5.73 Å². The highest BCUT2D eigenvalue weighted by Crippen LogP contribution is 2.25. The number of halogens is 1. The number of nitrogens with one attached hydrogen (secondary N) is 1. The van der Waals surface area contributed by atoms with Crippen molar-refractivity contribution >= 4 is 39.1 Å². The number of fused-ring (bicyclic) bond motifs is 1. The molecule has 0 saturated heterocycles. The van der Waals surface area contributed by atoms with Crippen molar-refractivity contribution in [3.63, 3.8) is 0 Å². The SMILES string of the molecule is Cc1cc(Cl)cc(CS(=O)c2nc3ccccc3[nH]2)c1N.O. The average Bonchev–Trinajstić information content (AvgIpc) is 2.88. The van der Waals surface area contributed by atoms with Crippen LogP contribution >= 0.6 is 11.6 Å². The van der Waals surface area contributed by atoms with E-state index in [1.165, 1.54) is 0 Å². The van der Waals surface area contributed by atoms with Crippen molar-refractivity contribution in [3.05, 3.63) is 52.5 Å². The minimum Gasteiger partial charge on any atom is -0.412 e. The number of aryl methyl sites for hydroxylation is 1. The summed E-state index contributed by atoms with van der Waals surface area (Å²) in [6, 6.07) is 11.1. The van der Waals surface area contributed by atoms with Crippen molar-refractivity contribution in [1.82, 2.24) is 9.97 Å². The van der Waals surface area contributed by atoms with Gasteiger partial charge in [0.05, 0.1) is 27.6 Å². The second kappa shape index (κ2) is 6.48. The highest BCUT2D eigenvalue weighted by Gasteiger charge is 2.13. The van der Waals surface area contributed by atoms with Gasteiger partial charge in [-0.15, -0.1) is 0 Å². The molecule has 0 aliphatic carbocycles. The van der Waals surface area contributed by atoms with E-state index in [1.54, 1.807) is 12.1 Å². The first kappa shape index (κ1) is 16.5. The minimum atomic E-state index is -1.30. The second-order valence-electron chi connectivity index (χ2n) is 4.84. The molecule has 22 heavy (non-hydrogen) atoms. The normalized spacial score (nSPS) is 12.1. The van der Waals surface area contributed by atoms with Crippen LogP contribution in [0.2, 0.25) is 5.02 Å². The Labute approximate surface area is 135 Å². The Kier molecular flexibility index (Phi) is 4.85. The van der Waals surface area contributed by atoms with Gasteiger partial charge in [-0.05, 0) is 42.3 Å². The molecule has 0 aliphatic heterocycles. The molecule has 1 aromatic heterocycles. The summed E-state index contributed by atoms with van der Waals surface area (Å²) in [6.07, 6.45) is 0. The van der Waals surface area contributed by atoms with Gasteiger partial charge in [0.15, 0.2) is 5.16 Å². The lowest BCUT2D eigenvalue weighted by molar-refractivity contribution is 0.677. The summed E-state index contributed by atoms with van der Waals surface area (Å²) in [6.45, 7) is 1.88. The fraction of sp³-hybridized carbons (Fsp3) is 0.133. The van der Waals surface area contributed by atoms with E-state index in [4.69, 9.17) is 17.3 Å². The van der Waals surface area contributed by atoms with Crippen LogP contribution in [0.5, 0.6) is 0 Å². The summed E-state index contributed by atoms with van der Waals surface area (Å²) in [5, 5.41) is 1.05. The smallest absolute Gasteiger partial charge is 0.197 e. The van der Waals surface area contributed by atoms with E-state index >= 15 is 0 Å². The lowest BCUT2D eigenvalue weighted by atomic mass is 10.1. The van der Waals surface area contributed by atoms with Gasteiger partial charge in [0.1, 0.15) is 0 Å². The van der Waals surface area contributed by atoms with Gasteiger partial charge in [0.2, 0.25) is 0 Å². The summed E-state index contributed by atoms with van der Waals surface area (Å²) in [5.41, 5.74) is 10.00. The largest absolute Gasteiger partial charge is 0.412 e. The monoisotopic (exact) mass is 337 g/mol. The van der Waals surface area contributed by atoms with Crippen molar-refractivity contribution < 1.29 is 9.69 Å². The van der Waals surface area contributed by atoms with Crippen molar-refractivity contribution in [2.45, 2.75) is 17.8 Å². The van der Waals surface area contributed by atoms with E-state index in [2.05, 4.69) is 9.97 Å².